The van der Waals surface area contributed by atoms with Crippen molar-refractivity contribution < 1.29 is 17.6 Å². The molecule has 1 amide bonds. The Balaban J connectivity index is 1.56. The van der Waals surface area contributed by atoms with Crippen molar-refractivity contribution in [2.24, 2.45) is 11.8 Å². The SMILES string of the molecule is CN1C[C@@H](C(=O)Nc2ccc(F)cc2)C[C@H]1C1CCN(S(C)(=O)=O)CC1. The molecule has 2 aliphatic heterocycles. The highest BCUT2D eigenvalue weighted by Crippen LogP contribution is 2.33. The molecular weight excluding hydrogens is 357 g/mol. The average molecular weight is 383 g/mol. The number of nitrogens with one attached hydrogen (secondary N) is 1. The van der Waals surface area contributed by atoms with E-state index in [1.54, 1.807) is 12.1 Å². The van der Waals surface area contributed by atoms with E-state index in [1.807, 2.05) is 7.05 Å². The number of carbonyl (C=O) groups is 1. The van der Waals surface area contributed by atoms with E-state index >= 15 is 0 Å². The van der Waals surface area contributed by atoms with Crippen LogP contribution in [0.25, 0.3) is 0 Å². The molecule has 0 unspecified atom stereocenters. The van der Waals surface area contributed by atoms with Crippen molar-refractivity contribution >= 4 is 21.6 Å². The molecule has 1 N–H and O–H groups in total. The summed E-state index contributed by atoms with van der Waals surface area (Å²) < 4.78 is 37.8. The number of nitrogens with zero attached hydrogens (tertiary/aromatic N) is 2. The first-order chi connectivity index (χ1) is 12.2. The van der Waals surface area contributed by atoms with Crippen LogP contribution in [0.5, 0.6) is 0 Å². The third-order valence-electron chi connectivity index (χ3n) is 5.59. The van der Waals surface area contributed by atoms with Gasteiger partial charge in [0.1, 0.15) is 5.82 Å². The van der Waals surface area contributed by atoms with E-state index < -0.39 is 10.0 Å². The molecule has 8 heteroatoms. The first-order valence-corrected chi connectivity index (χ1v) is 10.8. The lowest BCUT2D eigenvalue weighted by Crippen LogP contribution is -2.43. The van der Waals surface area contributed by atoms with Gasteiger partial charge in [0.2, 0.25) is 15.9 Å². The summed E-state index contributed by atoms with van der Waals surface area (Å²) in [7, 11) is -1.09. The largest absolute Gasteiger partial charge is 0.326 e. The second-order valence-corrected chi connectivity index (χ2v) is 9.42. The number of piperidine rings is 1. The van der Waals surface area contributed by atoms with Gasteiger partial charge in [-0.15, -0.1) is 0 Å². The van der Waals surface area contributed by atoms with Gasteiger partial charge in [-0.05, 0) is 56.5 Å². The van der Waals surface area contributed by atoms with E-state index in [2.05, 4.69) is 10.2 Å². The zero-order valence-electron chi connectivity index (χ0n) is 15.2. The molecule has 1 aromatic rings. The molecular formula is C18H26FN3O3S. The summed E-state index contributed by atoms with van der Waals surface area (Å²) in [5.74, 6) is -0.0757. The van der Waals surface area contributed by atoms with Crippen molar-refractivity contribution in [3.05, 3.63) is 30.1 Å². The molecule has 2 heterocycles. The fourth-order valence-electron chi connectivity index (χ4n) is 4.14. The maximum absolute atomic E-state index is 13.0. The van der Waals surface area contributed by atoms with Crippen LogP contribution in [0.3, 0.4) is 0 Å². The molecule has 26 heavy (non-hydrogen) atoms. The highest BCUT2D eigenvalue weighted by atomic mass is 32.2. The molecule has 0 bridgehead atoms. The molecule has 144 valence electrons. The molecule has 3 rings (SSSR count). The van der Waals surface area contributed by atoms with Gasteiger partial charge >= 0.3 is 0 Å². The summed E-state index contributed by atoms with van der Waals surface area (Å²) in [6.07, 6.45) is 3.68. The first-order valence-electron chi connectivity index (χ1n) is 8.96. The predicted octanol–water partition coefficient (Wildman–Crippen LogP) is 1.76. The molecule has 0 aliphatic carbocycles. The Bertz CT molecular complexity index is 745. The Morgan fingerprint density at radius 1 is 1.19 bits per heavy atom. The average Bonchev–Trinajstić information content (AvgIpc) is 2.98. The van der Waals surface area contributed by atoms with Crippen LogP contribution in [0.1, 0.15) is 19.3 Å². The molecule has 0 aromatic heterocycles. The third-order valence-corrected chi connectivity index (χ3v) is 6.90. The number of hydrogen-bond acceptors (Lipinski definition) is 4. The smallest absolute Gasteiger partial charge is 0.228 e. The molecule has 6 nitrogen and oxygen atoms in total. The van der Waals surface area contributed by atoms with E-state index in [4.69, 9.17) is 0 Å². The number of benzene rings is 1. The van der Waals surface area contributed by atoms with Gasteiger partial charge in [-0.3, -0.25) is 4.79 Å². The monoisotopic (exact) mass is 383 g/mol. The van der Waals surface area contributed by atoms with Gasteiger partial charge in [0, 0.05) is 31.4 Å². The van der Waals surface area contributed by atoms with Crippen molar-refractivity contribution in [1.29, 1.82) is 0 Å². The molecule has 0 radical (unpaired) electrons. The number of anilines is 1. The highest BCUT2D eigenvalue weighted by molar-refractivity contribution is 7.88. The molecule has 2 fully saturated rings. The third kappa shape index (κ3) is 4.42. The van der Waals surface area contributed by atoms with Crippen LogP contribution in [-0.2, 0) is 14.8 Å². The summed E-state index contributed by atoms with van der Waals surface area (Å²) in [5, 5.41) is 2.86. The summed E-state index contributed by atoms with van der Waals surface area (Å²) in [6, 6.07) is 6.07. The van der Waals surface area contributed by atoms with Gasteiger partial charge in [0.25, 0.3) is 0 Å². The Hall–Kier alpha value is -1.51. The zero-order chi connectivity index (χ0) is 18.9. The molecule has 0 saturated carbocycles. The minimum Gasteiger partial charge on any atom is -0.326 e. The lowest BCUT2D eigenvalue weighted by atomic mass is 9.87. The van der Waals surface area contributed by atoms with Gasteiger partial charge in [-0.2, -0.15) is 0 Å². The van der Waals surface area contributed by atoms with Crippen LogP contribution < -0.4 is 5.32 Å². The zero-order valence-corrected chi connectivity index (χ0v) is 16.0. The topological polar surface area (TPSA) is 69.7 Å². The summed E-state index contributed by atoms with van der Waals surface area (Å²) >= 11 is 0. The van der Waals surface area contributed by atoms with Crippen molar-refractivity contribution in [2.45, 2.75) is 25.3 Å². The fourth-order valence-corrected chi connectivity index (χ4v) is 5.02. The Labute approximate surface area is 154 Å². The molecule has 2 aliphatic rings. The van der Waals surface area contributed by atoms with Crippen molar-refractivity contribution in [1.82, 2.24) is 9.21 Å². The highest BCUT2D eigenvalue weighted by Gasteiger charge is 2.40. The lowest BCUT2D eigenvalue weighted by molar-refractivity contribution is -0.119. The van der Waals surface area contributed by atoms with E-state index in [0.717, 1.165) is 19.3 Å². The van der Waals surface area contributed by atoms with Crippen LogP contribution in [-0.4, -0.2) is 62.5 Å². The number of likely N-dealkylation sites (tertiary alicyclic amines) is 1. The van der Waals surface area contributed by atoms with Gasteiger partial charge in [0.15, 0.2) is 0 Å². The standard InChI is InChI=1S/C18H26FN3O3S/c1-21-12-14(18(23)20-16-5-3-15(19)4-6-16)11-17(21)13-7-9-22(10-8-13)26(2,24)25/h3-6,13-14,17H,7-12H2,1-2H3,(H,20,23)/t14-,17-/m0/s1. The Morgan fingerprint density at radius 2 is 1.81 bits per heavy atom. The van der Waals surface area contributed by atoms with Gasteiger partial charge in [-0.1, -0.05) is 0 Å². The van der Waals surface area contributed by atoms with E-state index in [1.165, 1.54) is 22.7 Å². The van der Waals surface area contributed by atoms with Crippen LogP contribution in [0, 0.1) is 17.7 Å². The Morgan fingerprint density at radius 3 is 2.38 bits per heavy atom. The van der Waals surface area contributed by atoms with Crippen LogP contribution in [0.15, 0.2) is 24.3 Å². The normalized spacial score (nSPS) is 26.1. The first kappa shape index (κ1) is 19.3. The summed E-state index contributed by atoms with van der Waals surface area (Å²) in [5.41, 5.74) is 0.601. The maximum Gasteiger partial charge on any atom is 0.228 e. The minimum absolute atomic E-state index is 0.0421. The molecule has 0 spiro atoms. The summed E-state index contributed by atoms with van der Waals surface area (Å²) in [4.78, 5) is 14.8. The van der Waals surface area contributed by atoms with Gasteiger partial charge in [0.05, 0.1) is 12.2 Å². The summed E-state index contributed by atoms with van der Waals surface area (Å²) in [6.45, 7) is 1.80. The predicted molar refractivity (Wildman–Crippen MR) is 98.7 cm³/mol. The number of carbonyl (C=O) groups excluding carboxylic acids is 1. The molecule has 2 atom stereocenters. The van der Waals surface area contributed by atoms with Crippen LogP contribution in [0.2, 0.25) is 0 Å². The van der Waals surface area contributed by atoms with Crippen LogP contribution >= 0.6 is 0 Å². The number of amides is 1. The van der Waals surface area contributed by atoms with E-state index in [9.17, 15) is 17.6 Å². The lowest BCUT2D eigenvalue weighted by Gasteiger charge is -2.35. The Kier molecular flexibility index (Phi) is 5.64. The second kappa shape index (κ2) is 7.62. The second-order valence-electron chi connectivity index (χ2n) is 7.44. The van der Waals surface area contributed by atoms with Crippen molar-refractivity contribution in [2.75, 3.05) is 38.3 Å². The number of halogens is 1. The number of sulfonamides is 1. The van der Waals surface area contributed by atoms with Gasteiger partial charge in [-0.25, -0.2) is 17.1 Å². The number of hydrogen-bond donors (Lipinski definition) is 1. The maximum atomic E-state index is 13.0. The van der Waals surface area contributed by atoms with Gasteiger partial charge < -0.3 is 10.2 Å². The quantitative estimate of drug-likeness (QED) is 0.860. The molecule has 1 aromatic carbocycles. The van der Waals surface area contributed by atoms with E-state index in [-0.39, 0.29) is 17.6 Å². The van der Waals surface area contributed by atoms with E-state index in [0.29, 0.717) is 37.3 Å². The fraction of sp³-hybridized carbons (Fsp3) is 0.611. The number of rotatable bonds is 4. The molecule has 2 saturated heterocycles. The van der Waals surface area contributed by atoms with Crippen molar-refractivity contribution in [3.8, 4) is 0 Å². The van der Waals surface area contributed by atoms with Crippen molar-refractivity contribution in [3.63, 3.8) is 0 Å². The minimum atomic E-state index is -3.12. The van der Waals surface area contributed by atoms with Crippen LogP contribution in [0.4, 0.5) is 10.1 Å².